The van der Waals surface area contributed by atoms with Crippen molar-refractivity contribution < 1.29 is 33.5 Å². The van der Waals surface area contributed by atoms with Gasteiger partial charge in [-0.1, -0.05) is 39.8 Å². The van der Waals surface area contributed by atoms with E-state index in [9.17, 15) is 28.8 Å². The smallest absolute Gasteiger partial charge is 0.328 e. The van der Waals surface area contributed by atoms with Crippen molar-refractivity contribution in [3.05, 3.63) is 35.4 Å². The van der Waals surface area contributed by atoms with E-state index in [-0.39, 0.29) is 67.9 Å². The molecule has 11 nitrogen and oxygen atoms in total. The molecule has 1 aromatic carbocycles. The molecular formula is C26H35ClN4O7. The van der Waals surface area contributed by atoms with Crippen molar-refractivity contribution in [2.24, 2.45) is 5.92 Å². The van der Waals surface area contributed by atoms with E-state index in [0.717, 1.165) is 9.80 Å². The van der Waals surface area contributed by atoms with Crippen LogP contribution in [0.1, 0.15) is 61.3 Å². The lowest BCUT2D eigenvalue weighted by Gasteiger charge is -2.34. The molecule has 38 heavy (non-hydrogen) atoms. The van der Waals surface area contributed by atoms with Crippen LogP contribution in [-0.4, -0.2) is 95.1 Å². The molecule has 2 heterocycles. The fraction of sp³-hybridized carbons (Fsp3) is 0.538. The number of carbonyl (C=O) groups excluding carboxylic acids is 6. The van der Waals surface area contributed by atoms with Crippen molar-refractivity contribution in [3.8, 4) is 0 Å². The Labute approximate surface area is 228 Å². The van der Waals surface area contributed by atoms with E-state index in [0.29, 0.717) is 13.1 Å². The molecule has 1 N–H and O–H groups in total. The fourth-order valence-corrected chi connectivity index (χ4v) is 4.48. The Hall–Kier alpha value is -3.31. The van der Waals surface area contributed by atoms with Gasteiger partial charge in [-0.15, -0.1) is 12.4 Å². The predicted molar refractivity (Wildman–Crippen MR) is 139 cm³/mol. The second-order valence-electron chi connectivity index (χ2n) is 9.38. The summed E-state index contributed by atoms with van der Waals surface area (Å²) in [7, 11) is 0. The Balaban J connectivity index is 0.00000507. The van der Waals surface area contributed by atoms with E-state index in [1.165, 1.54) is 12.1 Å². The lowest BCUT2D eigenvalue weighted by atomic mass is 10.0. The largest absolute Gasteiger partial charge is 0.462 e. The standard InChI is InChI=1S/C26H34N4O7.ClH/c1-5-28(6-2)15-20(31)27-22(16(3)4)26(36)37-14-13-29-21(32)12-11-19(25(29)35)30-23(33)17-9-7-8-10-18(17)24(30)34;/h7-10,16,19,22H,5-6,11-15H2,1-4H3,(H,27,31);1H/t19-,22?;/m0./s1. The number of piperidine rings is 1. The number of nitrogens with one attached hydrogen (secondary N) is 1. The predicted octanol–water partition coefficient (Wildman–Crippen LogP) is 1.25. The van der Waals surface area contributed by atoms with E-state index in [4.69, 9.17) is 4.74 Å². The van der Waals surface area contributed by atoms with Crippen LogP contribution in [0.15, 0.2) is 24.3 Å². The number of likely N-dealkylation sites (tertiary alicyclic amines) is 1. The number of rotatable bonds is 11. The highest BCUT2D eigenvalue weighted by atomic mass is 35.5. The third-order valence-corrected chi connectivity index (χ3v) is 6.68. The van der Waals surface area contributed by atoms with Crippen LogP contribution in [0.4, 0.5) is 0 Å². The number of imide groups is 2. The summed E-state index contributed by atoms with van der Waals surface area (Å²) in [5.74, 6) is -3.51. The normalized spacial score (nSPS) is 18.0. The number of nitrogens with zero attached hydrogens (tertiary/aromatic N) is 3. The Morgan fingerprint density at radius 2 is 1.63 bits per heavy atom. The lowest BCUT2D eigenvalue weighted by molar-refractivity contribution is -0.157. The van der Waals surface area contributed by atoms with Crippen LogP contribution in [0.5, 0.6) is 0 Å². The number of esters is 1. The maximum absolute atomic E-state index is 13.1. The average Bonchev–Trinajstić information content (AvgIpc) is 3.12. The Kier molecular flexibility index (Phi) is 11.0. The van der Waals surface area contributed by atoms with Crippen molar-refractivity contribution in [1.29, 1.82) is 0 Å². The Morgan fingerprint density at radius 3 is 2.16 bits per heavy atom. The van der Waals surface area contributed by atoms with Crippen molar-refractivity contribution >= 4 is 47.9 Å². The monoisotopic (exact) mass is 550 g/mol. The fourth-order valence-electron chi connectivity index (χ4n) is 4.48. The first kappa shape index (κ1) is 30.9. The maximum Gasteiger partial charge on any atom is 0.328 e. The summed E-state index contributed by atoms with van der Waals surface area (Å²) in [4.78, 5) is 80.1. The first-order valence-corrected chi connectivity index (χ1v) is 12.6. The second-order valence-corrected chi connectivity index (χ2v) is 9.38. The van der Waals surface area contributed by atoms with Crippen molar-refractivity contribution in [1.82, 2.24) is 20.0 Å². The van der Waals surface area contributed by atoms with Gasteiger partial charge in [0.2, 0.25) is 11.8 Å². The minimum atomic E-state index is -1.11. The summed E-state index contributed by atoms with van der Waals surface area (Å²) in [6, 6.07) is 4.33. The number of amides is 5. The van der Waals surface area contributed by atoms with E-state index in [1.807, 2.05) is 18.7 Å². The van der Waals surface area contributed by atoms with E-state index < -0.39 is 41.7 Å². The zero-order chi connectivity index (χ0) is 27.3. The van der Waals surface area contributed by atoms with E-state index >= 15 is 0 Å². The minimum absolute atomic E-state index is 0. The van der Waals surface area contributed by atoms with Crippen molar-refractivity contribution in [2.45, 2.75) is 52.6 Å². The van der Waals surface area contributed by atoms with Crippen LogP contribution in [0.2, 0.25) is 0 Å². The highest BCUT2D eigenvalue weighted by Gasteiger charge is 2.46. The Bertz CT molecular complexity index is 1050. The van der Waals surface area contributed by atoms with Crippen LogP contribution >= 0.6 is 12.4 Å². The van der Waals surface area contributed by atoms with Gasteiger partial charge in [-0.05, 0) is 37.6 Å². The van der Waals surface area contributed by atoms with Gasteiger partial charge in [-0.2, -0.15) is 0 Å². The van der Waals surface area contributed by atoms with Gasteiger partial charge < -0.3 is 10.1 Å². The molecule has 0 aromatic heterocycles. The van der Waals surface area contributed by atoms with Gasteiger partial charge in [0.15, 0.2) is 0 Å². The number of ether oxygens (including phenoxy) is 1. The molecule has 208 valence electrons. The summed E-state index contributed by atoms with van der Waals surface area (Å²) in [6.07, 6.45) is 0.00120. The van der Waals surface area contributed by atoms with Crippen LogP contribution in [0, 0.1) is 5.92 Å². The maximum atomic E-state index is 13.1. The molecule has 1 saturated heterocycles. The van der Waals surface area contributed by atoms with Crippen LogP contribution in [-0.2, 0) is 23.9 Å². The third kappa shape index (κ3) is 6.57. The van der Waals surface area contributed by atoms with Gasteiger partial charge in [0.05, 0.1) is 24.2 Å². The summed E-state index contributed by atoms with van der Waals surface area (Å²) in [5.41, 5.74) is 0.445. The van der Waals surface area contributed by atoms with E-state index in [1.54, 1.807) is 26.0 Å². The van der Waals surface area contributed by atoms with Gasteiger partial charge in [-0.3, -0.25) is 38.7 Å². The van der Waals surface area contributed by atoms with Crippen LogP contribution in [0.3, 0.4) is 0 Å². The first-order valence-electron chi connectivity index (χ1n) is 12.6. The minimum Gasteiger partial charge on any atom is -0.462 e. The zero-order valence-corrected chi connectivity index (χ0v) is 22.9. The SMILES string of the molecule is CCN(CC)CC(=O)NC(C(=O)OCCN1C(=O)CC[C@H](N2C(=O)c3ccccc3C2=O)C1=O)C(C)C.Cl. The number of hydrogen-bond acceptors (Lipinski definition) is 8. The lowest BCUT2D eigenvalue weighted by Crippen LogP contribution is -2.56. The van der Waals surface area contributed by atoms with Gasteiger partial charge >= 0.3 is 5.97 Å². The third-order valence-electron chi connectivity index (χ3n) is 6.68. The Morgan fingerprint density at radius 1 is 1.05 bits per heavy atom. The molecule has 0 aliphatic carbocycles. The van der Waals surface area contributed by atoms with Gasteiger partial charge in [0.25, 0.3) is 17.7 Å². The number of fused-ring (bicyclic) bond motifs is 1. The summed E-state index contributed by atoms with van der Waals surface area (Å²) >= 11 is 0. The molecule has 1 aromatic rings. The van der Waals surface area contributed by atoms with Gasteiger partial charge in [0.1, 0.15) is 18.7 Å². The molecule has 0 bridgehead atoms. The number of carbonyl (C=O) groups is 6. The van der Waals surface area contributed by atoms with Crippen LogP contribution < -0.4 is 5.32 Å². The summed E-state index contributed by atoms with van der Waals surface area (Å²) in [5, 5.41) is 2.70. The summed E-state index contributed by atoms with van der Waals surface area (Å²) in [6.45, 7) is 8.46. The number of likely N-dealkylation sites (N-methyl/N-ethyl adjacent to an activating group) is 1. The number of benzene rings is 1. The molecule has 3 rings (SSSR count). The van der Waals surface area contributed by atoms with Crippen LogP contribution in [0.25, 0.3) is 0 Å². The molecule has 2 aliphatic rings. The molecule has 12 heteroatoms. The quantitative estimate of drug-likeness (QED) is 0.321. The van der Waals surface area contributed by atoms with Gasteiger partial charge in [0, 0.05) is 6.42 Å². The average molecular weight is 551 g/mol. The number of hydrogen-bond donors (Lipinski definition) is 1. The molecular weight excluding hydrogens is 516 g/mol. The highest BCUT2D eigenvalue weighted by molar-refractivity contribution is 6.23. The zero-order valence-electron chi connectivity index (χ0n) is 22.1. The molecule has 5 amide bonds. The topological polar surface area (TPSA) is 133 Å². The summed E-state index contributed by atoms with van der Waals surface area (Å²) < 4.78 is 5.32. The highest BCUT2D eigenvalue weighted by Crippen LogP contribution is 2.28. The molecule has 0 spiro atoms. The number of halogens is 1. The molecule has 2 aliphatic heterocycles. The molecule has 1 fully saturated rings. The molecule has 1 unspecified atom stereocenters. The first-order chi connectivity index (χ1) is 17.6. The molecule has 0 saturated carbocycles. The van der Waals surface area contributed by atoms with Crippen molar-refractivity contribution in [3.63, 3.8) is 0 Å². The second kappa shape index (κ2) is 13.5. The van der Waals surface area contributed by atoms with Crippen molar-refractivity contribution in [2.75, 3.05) is 32.8 Å². The van der Waals surface area contributed by atoms with E-state index in [2.05, 4.69) is 5.32 Å². The molecule has 2 atom stereocenters. The van der Waals surface area contributed by atoms with Gasteiger partial charge in [-0.25, -0.2) is 4.79 Å². The molecule has 0 radical (unpaired) electrons.